The van der Waals surface area contributed by atoms with Gasteiger partial charge in [0.1, 0.15) is 17.6 Å². The summed E-state index contributed by atoms with van der Waals surface area (Å²) < 4.78 is 42.8. The molecule has 0 saturated heterocycles. The van der Waals surface area contributed by atoms with E-state index in [2.05, 4.69) is 4.98 Å². The SMILES string of the molecule is CCN(CCOC)c1nc(C(F)(F)F)ccc1C#N. The van der Waals surface area contributed by atoms with Gasteiger partial charge in [-0.3, -0.25) is 0 Å². The number of alkyl halides is 3. The molecule has 1 aromatic rings. The van der Waals surface area contributed by atoms with Gasteiger partial charge in [-0.1, -0.05) is 0 Å². The van der Waals surface area contributed by atoms with Crippen LogP contribution in [0.1, 0.15) is 18.2 Å². The molecule has 0 fully saturated rings. The lowest BCUT2D eigenvalue weighted by atomic mass is 10.2. The number of rotatable bonds is 5. The number of likely N-dealkylation sites (N-methyl/N-ethyl adjacent to an activating group) is 1. The highest BCUT2D eigenvalue weighted by Gasteiger charge is 2.33. The van der Waals surface area contributed by atoms with Gasteiger partial charge in [0.25, 0.3) is 0 Å². The lowest BCUT2D eigenvalue weighted by Crippen LogP contribution is -2.29. The highest BCUT2D eigenvalue weighted by molar-refractivity contribution is 5.54. The first-order valence-corrected chi connectivity index (χ1v) is 5.66. The molecule has 104 valence electrons. The summed E-state index contributed by atoms with van der Waals surface area (Å²) in [5.74, 6) is 0.0388. The maximum Gasteiger partial charge on any atom is 0.433 e. The van der Waals surface area contributed by atoms with Crippen molar-refractivity contribution in [2.75, 3.05) is 31.7 Å². The molecule has 0 aliphatic rings. The lowest BCUT2D eigenvalue weighted by molar-refractivity contribution is -0.141. The molecule has 1 heterocycles. The topological polar surface area (TPSA) is 49.1 Å². The van der Waals surface area contributed by atoms with Crippen LogP contribution >= 0.6 is 0 Å². The van der Waals surface area contributed by atoms with Crippen LogP contribution in [0.15, 0.2) is 12.1 Å². The summed E-state index contributed by atoms with van der Waals surface area (Å²) in [6.45, 7) is 2.93. The molecule has 7 heteroatoms. The fourth-order valence-corrected chi connectivity index (χ4v) is 1.55. The Morgan fingerprint density at radius 2 is 2.11 bits per heavy atom. The first-order chi connectivity index (χ1) is 8.93. The Balaban J connectivity index is 3.18. The van der Waals surface area contributed by atoms with Crippen molar-refractivity contribution < 1.29 is 17.9 Å². The molecular formula is C12H14F3N3O. The maximum absolute atomic E-state index is 12.6. The standard InChI is InChI=1S/C12H14F3N3O/c1-3-18(6-7-19-2)11-9(8-16)4-5-10(17-11)12(13,14)15/h4-5H,3,6-7H2,1-2H3. The van der Waals surface area contributed by atoms with E-state index in [1.54, 1.807) is 11.8 Å². The van der Waals surface area contributed by atoms with Crippen molar-refractivity contribution in [3.63, 3.8) is 0 Å². The zero-order valence-corrected chi connectivity index (χ0v) is 10.7. The molecule has 0 aliphatic carbocycles. The number of aromatic nitrogens is 1. The number of hydrogen-bond donors (Lipinski definition) is 0. The molecule has 0 bridgehead atoms. The monoisotopic (exact) mass is 273 g/mol. The summed E-state index contributed by atoms with van der Waals surface area (Å²) >= 11 is 0. The lowest BCUT2D eigenvalue weighted by Gasteiger charge is -2.23. The Hall–Kier alpha value is -1.81. The van der Waals surface area contributed by atoms with Gasteiger partial charge in [-0.25, -0.2) is 4.98 Å². The molecule has 0 N–H and O–H groups in total. The number of anilines is 1. The van der Waals surface area contributed by atoms with Crippen LogP contribution in [0.25, 0.3) is 0 Å². The maximum atomic E-state index is 12.6. The Kier molecular flexibility index (Phi) is 5.12. The van der Waals surface area contributed by atoms with Crippen LogP contribution in [0.2, 0.25) is 0 Å². The molecule has 0 radical (unpaired) electrons. The molecule has 1 rings (SSSR count). The minimum absolute atomic E-state index is 0.0388. The summed E-state index contributed by atoms with van der Waals surface area (Å²) in [4.78, 5) is 5.14. The van der Waals surface area contributed by atoms with E-state index in [0.717, 1.165) is 12.1 Å². The largest absolute Gasteiger partial charge is 0.433 e. The molecule has 0 saturated carbocycles. The first kappa shape index (κ1) is 15.2. The average Bonchev–Trinajstić information content (AvgIpc) is 2.38. The van der Waals surface area contributed by atoms with Gasteiger partial charge in [-0.2, -0.15) is 18.4 Å². The molecule has 0 amide bonds. The second-order valence-electron chi connectivity index (χ2n) is 3.75. The molecule has 0 atom stereocenters. The van der Waals surface area contributed by atoms with Crippen molar-refractivity contribution in [1.29, 1.82) is 5.26 Å². The fraction of sp³-hybridized carbons (Fsp3) is 0.500. The van der Waals surface area contributed by atoms with Crippen molar-refractivity contribution in [3.05, 3.63) is 23.4 Å². The quantitative estimate of drug-likeness (QED) is 0.826. The molecule has 4 nitrogen and oxygen atoms in total. The minimum atomic E-state index is -4.52. The van der Waals surface area contributed by atoms with Crippen LogP contribution in [-0.2, 0) is 10.9 Å². The predicted molar refractivity (Wildman–Crippen MR) is 63.7 cm³/mol. The van der Waals surface area contributed by atoms with E-state index in [1.807, 2.05) is 6.07 Å². The van der Waals surface area contributed by atoms with E-state index in [9.17, 15) is 13.2 Å². The van der Waals surface area contributed by atoms with Crippen LogP contribution in [0.5, 0.6) is 0 Å². The van der Waals surface area contributed by atoms with Gasteiger partial charge < -0.3 is 9.64 Å². The summed E-state index contributed by atoms with van der Waals surface area (Å²) in [5.41, 5.74) is -0.886. The van der Waals surface area contributed by atoms with Gasteiger partial charge in [-0.05, 0) is 19.1 Å². The number of ether oxygens (including phenoxy) is 1. The molecule has 0 aliphatic heterocycles. The number of methoxy groups -OCH3 is 1. The van der Waals surface area contributed by atoms with E-state index in [1.165, 1.54) is 7.11 Å². The van der Waals surface area contributed by atoms with Gasteiger partial charge in [0.15, 0.2) is 0 Å². The Morgan fingerprint density at radius 3 is 2.58 bits per heavy atom. The molecule has 0 aromatic carbocycles. The summed E-state index contributed by atoms with van der Waals surface area (Å²) in [7, 11) is 1.50. The summed E-state index contributed by atoms with van der Waals surface area (Å²) in [6.07, 6.45) is -4.52. The van der Waals surface area contributed by atoms with Crippen molar-refractivity contribution in [1.82, 2.24) is 4.98 Å². The van der Waals surface area contributed by atoms with Crippen molar-refractivity contribution >= 4 is 5.82 Å². The van der Waals surface area contributed by atoms with Crippen LogP contribution in [0.3, 0.4) is 0 Å². The van der Waals surface area contributed by atoms with Gasteiger partial charge in [-0.15, -0.1) is 0 Å². The summed E-state index contributed by atoms with van der Waals surface area (Å²) in [6, 6.07) is 3.80. The molecule has 0 spiro atoms. The van der Waals surface area contributed by atoms with Crippen LogP contribution in [-0.4, -0.2) is 31.8 Å². The average molecular weight is 273 g/mol. The third-order valence-corrected chi connectivity index (χ3v) is 2.53. The highest BCUT2D eigenvalue weighted by Crippen LogP contribution is 2.30. The van der Waals surface area contributed by atoms with Crippen LogP contribution in [0.4, 0.5) is 19.0 Å². The van der Waals surface area contributed by atoms with Crippen molar-refractivity contribution in [3.8, 4) is 6.07 Å². The van der Waals surface area contributed by atoms with Gasteiger partial charge in [0.05, 0.1) is 12.2 Å². The van der Waals surface area contributed by atoms with E-state index in [4.69, 9.17) is 10.00 Å². The van der Waals surface area contributed by atoms with E-state index < -0.39 is 11.9 Å². The molecular weight excluding hydrogens is 259 g/mol. The first-order valence-electron chi connectivity index (χ1n) is 5.66. The molecule has 1 aromatic heterocycles. The smallest absolute Gasteiger partial charge is 0.383 e. The molecule has 0 unspecified atom stereocenters. The van der Waals surface area contributed by atoms with Gasteiger partial charge >= 0.3 is 6.18 Å². The number of nitriles is 1. The van der Waals surface area contributed by atoms with E-state index in [0.29, 0.717) is 19.7 Å². The third kappa shape index (κ3) is 3.83. The van der Waals surface area contributed by atoms with E-state index >= 15 is 0 Å². The normalized spacial score (nSPS) is 11.2. The Labute approximate surface area is 109 Å². The predicted octanol–water partition coefficient (Wildman–Crippen LogP) is 2.44. The number of pyridine rings is 1. The number of hydrogen-bond acceptors (Lipinski definition) is 4. The van der Waals surface area contributed by atoms with Gasteiger partial charge in [0.2, 0.25) is 0 Å². The molecule has 19 heavy (non-hydrogen) atoms. The zero-order valence-electron chi connectivity index (χ0n) is 10.7. The minimum Gasteiger partial charge on any atom is -0.383 e. The number of halogens is 3. The second-order valence-corrected chi connectivity index (χ2v) is 3.75. The zero-order chi connectivity index (χ0) is 14.5. The second kappa shape index (κ2) is 6.38. The highest BCUT2D eigenvalue weighted by atomic mass is 19.4. The fourth-order valence-electron chi connectivity index (χ4n) is 1.55. The van der Waals surface area contributed by atoms with E-state index in [-0.39, 0.29) is 11.4 Å². The summed E-state index contributed by atoms with van der Waals surface area (Å²) in [5, 5.41) is 8.95. The van der Waals surface area contributed by atoms with Crippen molar-refractivity contribution in [2.45, 2.75) is 13.1 Å². The van der Waals surface area contributed by atoms with Crippen molar-refractivity contribution in [2.24, 2.45) is 0 Å². The Bertz CT molecular complexity index is 468. The van der Waals surface area contributed by atoms with Gasteiger partial charge in [0, 0.05) is 20.2 Å². The van der Waals surface area contributed by atoms with Crippen LogP contribution in [0, 0.1) is 11.3 Å². The Morgan fingerprint density at radius 1 is 1.42 bits per heavy atom. The van der Waals surface area contributed by atoms with Crippen LogP contribution < -0.4 is 4.90 Å². The third-order valence-electron chi connectivity index (χ3n) is 2.53. The number of nitrogens with zero attached hydrogens (tertiary/aromatic N) is 3.